The second-order valence-corrected chi connectivity index (χ2v) is 7.19. The molecule has 4 heteroatoms. The molecule has 2 aliphatic carbocycles. The highest BCUT2D eigenvalue weighted by Gasteiger charge is 2.39. The van der Waals surface area contributed by atoms with Gasteiger partial charge < -0.3 is 15.4 Å². The van der Waals surface area contributed by atoms with E-state index >= 15 is 0 Å². The monoisotopic (exact) mass is 268 g/mol. The predicted molar refractivity (Wildman–Crippen MR) is 76.2 cm³/mol. The third kappa shape index (κ3) is 4.37. The van der Waals surface area contributed by atoms with Crippen LogP contribution in [0.1, 0.15) is 59.3 Å². The smallest absolute Gasteiger partial charge is 0.408 e. The van der Waals surface area contributed by atoms with Gasteiger partial charge in [0.1, 0.15) is 5.60 Å². The maximum Gasteiger partial charge on any atom is 0.408 e. The average molecular weight is 268 g/mol. The molecule has 0 saturated heterocycles. The fourth-order valence-corrected chi connectivity index (χ4v) is 2.68. The van der Waals surface area contributed by atoms with Crippen molar-refractivity contribution >= 4 is 6.09 Å². The summed E-state index contributed by atoms with van der Waals surface area (Å²) in [6.07, 6.45) is 7.14. The summed E-state index contributed by atoms with van der Waals surface area (Å²) in [6.45, 7) is 7.67. The van der Waals surface area contributed by atoms with Crippen LogP contribution in [0.5, 0.6) is 0 Å². The Labute approximate surface area is 116 Å². The molecule has 0 heterocycles. The first-order valence-electron chi connectivity index (χ1n) is 7.60. The van der Waals surface area contributed by atoms with Gasteiger partial charge in [0.25, 0.3) is 0 Å². The van der Waals surface area contributed by atoms with Gasteiger partial charge in [0.05, 0.1) is 5.54 Å². The number of carbonyl (C=O) groups is 1. The molecule has 2 fully saturated rings. The van der Waals surface area contributed by atoms with Crippen molar-refractivity contribution in [2.45, 2.75) is 70.4 Å². The van der Waals surface area contributed by atoms with Crippen LogP contribution in [0.4, 0.5) is 4.79 Å². The van der Waals surface area contributed by atoms with E-state index < -0.39 is 5.60 Å². The largest absolute Gasteiger partial charge is 0.444 e. The van der Waals surface area contributed by atoms with Crippen molar-refractivity contribution in [3.8, 4) is 0 Å². The molecule has 110 valence electrons. The van der Waals surface area contributed by atoms with Gasteiger partial charge in [-0.1, -0.05) is 6.42 Å². The molecule has 0 aromatic heterocycles. The Kier molecular flexibility index (Phi) is 4.39. The summed E-state index contributed by atoms with van der Waals surface area (Å²) < 4.78 is 5.35. The lowest BCUT2D eigenvalue weighted by Gasteiger charge is -2.43. The van der Waals surface area contributed by atoms with Crippen molar-refractivity contribution in [1.29, 1.82) is 0 Å². The van der Waals surface area contributed by atoms with Crippen LogP contribution in [-0.4, -0.2) is 30.3 Å². The van der Waals surface area contributed by atoms with Gasteiger partial charge in [-0.05, 0) is 65.3 Å². The van der Waals surface area contributed by atoms with Crippen LogP contribution in [0, 0.1) is 5.92 Å². The highest BCUT2D eigenvalue weighted by atomic mass is 16.6. The zero-order valence-corrected chi connectivity index (χ0v) is 12.6. The summed E-state index contributed by atoms with van der Waals surface area (Å²) in [6, 6.07) is 0. The number of amides is 1. The molecular weight excluding hydrogens is 240 g/mol. The molecule has 0 spiro atoms. The Morgan fingerprint density at radius 1 is 1.26 bits per heavy atom. The fraction of sp³-hybridized carbons (Fsp3) is 0.933. The maximum atomic E-state index is 11.9. The molecule has 0 radical (unpaired) electrons. The van der Waals surface area contributed by atoms with E-state index in [1.165, 1.54) is 25.7 Å². The van der Waals surface area contributed by atoms with E-state index in [0.717, 1.165) is 31.8 Å². The number of hydrogen-bond donors (Lipinski definition) is 2. The third-order valence-electron chi connectivity index (χ3n) is 4.20. The highest BCUT2D eigenvalue weighted by Crippen LogP contribution is 2.32. The van der Waals surface area contributed by atoms with Crippen LogP contribution >= 0.6 is 0 Å². The van der Waals surface area contributed by atoms with Gasteiger partial charge in [-0.15, -0.1) is 0 Å². The summed E-state index contributed by atoms with van der Waals surface area (Å²) in [4.78, 5) is 11.9. The van der Waals surface area contributed by atoms with E-state index in [4.69, 9.17) is 4.74 Å². The van der Waals surface area contributed by atoms with Gasteiger partial charge in [0, 0.05) is 6.54 Å². The first-order chi connectivity index (χ1) is 8.89. The van der Waals surface area contributed by atoms with Gasteiger partial charge in [0.15, 0.2) is 0 Å². The molecule has 19 heavy (non-hydrogen) atoms. The fourth-order valence-electron chi connectivity index (χ4n) is 2.68. The maximum absolute atomic E-state index is 11.9. The van der Waals surface area contributed by atoms with E-state index in [1.807, 2.05) is 20.8 Å². The van der Waals surface area contributed by atoms with E-state index in [2.05, 4.69) is 10.6 Å². The first kappa shape index (κ1) is 14.6. The predicted octanol–water partition coefficient (Wildman–Crippen LogP) is 2.82. The minimum atomic E-state index is -0.422. The lowest BCUT2D eigenvalue weighted by Crippen LogP contribution is -2.60. The lowest BCUT2D eigenvalue weighted by atomic mass is 9.76. The zero-order chi connectivity index (χ0) is 13.9. The zero-order valence-electron chi connectivity index (χ0n) is 12.6. The van der Waals surface area contributed by atoms with E-state index in [9.17, 15) is 4.79 Å². The van der Waals surface area contributed by atoms with E-state index in [-0.39, 0.29) is 11.6 Å². The van der Waals surface area contributed by atoms with Crippen molar-refractivity contribution in [3.63, 3.8) is 0 Å². The van der Waals surface area contributed by atoms with Crippen LogP contribution in [-0.2, 0) is 4.74 Å². The molecule has 0 unspecified atom stereocenters. The van der Waals surface area contributed by atoms with Crippen LogP contribution in [0.3, 0.4) is 0 Å². The van der Waals surface area contributed by atoms with Crippen molar-refractivity contribution in [1.82, 2.24) is 10.6 Å². The van der Waals surface area contributed by atoms with Gasteiger partial charge in [-0.2, -0.15) is 0 Å². The molecule has 4 nitrogen and oxygen atoms in total. The number of rotatable bonds is 5. The summed E-state index contributed by atoms with van der Waals surface area (Å²) in [5.74, 6) is 0.860. The Morgan fingerprint density at radius 2 is 1.95 bits per heavy atom. The Morgan fingerprint density at radius 3 is 2.37 bits per heavy atom. The van der Waals surface area contributed by atoms with E-state index in [1.54, 1.807) is 0 Å². The number of carbonyl (C=O) groups excluding carboxylic acids is 1. The van der Waals surface area contributed by atoms with Crippen LogP contribution in [0.15, 0.2) is 0 Å². The molecule has 0 aromatic rings. The van der Waals surface area contributed by atoms with Crippen molar-refractivity contribution < 1.29 is 9.53 Å². The number of alkyl carbamates (subject to hydrolysis) is 1. The summed E-state index contributed by atoms with van der Waals surface area (Å²) in [7, 11) is 0. The third-order valence-corrected chi connectivity index (χ3v) is 4.20. The van der Waals surface area contributed by atoms with E-state index in [0.29, 0.717) is 0 Å². The topological polar surface area (TPSA) is 50.4 Å². The molecule has 2 saturated carbocycles. The summed E-state index contributed by atoms with van der Waals surface area (Å²) in [5, 5.41) is 6.60. The minimum absolute atomic E-state index is 0.0634. The Hall–Kier alpha value is -0.770. The molecule has 0 aromatic carbocycles. The van der Waals surface area contributed by atoms with Gasteiger partial charge in [0.2, 0.25) is 0 Å². The first-order valence-corrected chi connectivity index (χ1v) is 7.60. The number of hydrogen-bond acceptors (Lipinski definition) is 3. The molecule has 2 rings (SSSR count). The lowest BCUT2D eigenvalue weighted by molar-refractivity contribution is 0.0380. The second-order valence-electron chi connectivity index (χ2n) is 7.19. The Balaban J connectivity index is 1.72. The summed E-state index contributed by atoms with van der Waals surface area (Å²) in [5.41, 5.74) is -0.486. The Bertz CT molecular complexity index is 315. The minimum Gasteiger partial charge on any atom is -0.444 e. The standard InChI is InChI=1S/C15H28N2O2/c1-14(2,3)19-13(18)17-15(8-5-9-15)11-16-10-12-6-4-7-12/h12,16H,4-11H2,1-3H3,(H,17,18). The molecule has 0 atom stereocenters. The normalized spacial score (nSPS) is 22.3. The average Bonchev–Trinajstić information content (AvgIpc) is 2.14. The number of ether oxygens (including phenoxy) is 1. The van der Waals surface area contributed by atoms with Crippen molar-refractivity contribution in [3.05, 3.63) is 0 Å². The number of nitrogens with one attached hydrogen (secondary N) is 2. The SMILES string of the molecule is CC(C)(C)OC(=O)NC1(CNCC2CCC2)CCC1. The molecule has 2 aliphatic rings. The highest BCUT2D eigenvalue weighted by molar-refractivity contribution is 5.69. The van der Waals surface area contributed by atoms with Crippen molar-refractivity contribution in [2.24, 2.45) is 5.92 Å². The molecule has 2 N–H and O–H groups in total. The van der Waals surface area contributed by atoms with Gasteiger partial charge >= 0.3 is 6.09 Å². The second kappa shape index (κ2) is 5.70. The van der Waals surface area contributed by atoms with Crippen LogP contribution in [0.2, 0.25) is 0 Å². The molecule has 0 aliphatic heterocycles. The van der Waals surface area contributed by atoms with Gasteiger partial charge in [-0.25, -0.2) is 4.79 Å². The van der Waals surface area contributed by atoms with Crippen LogP contribution < -0.4 is 10.6 Å². The molecule has 0 bridgehead atoms. The molecular formula is C15H28N2O2. The molecule has 1 amide bonds. The van der Waals surface area contributed by atoms with Crippen LogP contribution in [0.25, 0.3) is 0 Å². The summed E-state index contributed by atoms with van der Waals surface area (Å²) >= 11 is 0. The van der Waals surface area contributed by atoms with Gasteiger partial charge in [-0.3, -0.25) is 0 Å². The quantitative estimate of drug-likeness (QED) is 0.806. The van der Waals surface area contributed by atoms with Crippen molar-refractivity contribution in [2.75, 3.05) is 13.1 Å².